The van der Waals surface area contributed by atoms with E-state index in [1.165, 1.54) is 0 Å². The minimum Gasteiger partial charge on any atom is -0.380 e. The van der Waals surface area contributed by atoms with Crippen molar-refractivity contribution in [1.29, 1.82) is 0 Å². The standard InChI is InChI=1S/C14H27N3O/c1-5-8-15-12(13(6-2)18-4)11-14-16-9-10-17(14)7-3/h9-10,12-13,15H,5-8,11H2,1-4H3. The summed E-state index contributed by atoms with van der Waals surface area (Å²) in [5.74, 6) is 1.14. The van der Waals surface area contributed by atoms with Crippen LogP contribution in [0.1, 0.15) is 39.4 Å². The zero-order valence-corrected chi connectivity index (χ0v) is 12.1. The summed E-state index contributed by atoms with van der Waals surface area (Å²) in [5.41, 5.74) is 0. The molecule has 0 radical (unpaired) electrons. The van der Waals surface area contributed by atoms with Crippen LogP contribution in [0.4, 0.5) is 0 Å². The van der Waals surface area contributed by atoms with Gasteiger partial charge in [0.1, 0.15) is 5.82 Å². The Bertz CT molecular complexity index is 321. The second-order valence-corrected chi connectivity index (χ2v) is 4.58. The maximum Gasteiger partial charge on any atom is 0.110 e. The van der Waals surface area contributed by atoms with Gasteiger partial charge in [0.15, 0.2) is 0 Å². The summed E-state index contributed by atoms with van der Waals surface area (Å²) in [7, 11) is 1.79. The van der Waals surface area contributed by atoms with Crippen LogP contribution in [0, 0.1) is 0 Å². The molecule has 0 saturated heterocycles. The Hall–Kier alpha value is -0.870. The first kappa shape index (κ1) is 15.2. The fraction of sp³-hybridized carbons (Fsp3) is 0.786. The molecule has 4 heteroatoms. The molecular formula is C14H27N3O. The molecule has 0 aliphatic carbocycles. The number of rotatable bonds is 9. The molecule has 1 aromatic heterocycles. The van der Waals surface area contributed by atoms with Crippen LogP contribution in [0.15, 0.2) is 12.4 Å². The summed E-state index contributed by atoms with van der Waals surface area (Å²) in [6.07, 6.45) is 7.25. The van der Waals surface area contributed by atoms with Crippen LogP contribution in [-0.2, 0) is 17.7 Å². The molecule has 1 heterocycles. The molecular weight excluding hydrogens is 226 g/mol. The molecule has 0 saturated carbocycles. The Balaban J connectivity index is 2.70. The minimum atomic E-state index is 0.249. The molecule has 1 aromatic rings. The van der Waals surface area contributed by atoms with Crippen molar-refractivity contribution in [3.8, 4) is 0 Å². The van der Waals surface area contributed by atoms with E-state index in [-0.39, 0.29) is 6.10 Å². The first-order chi connectivity index (χ1) is 8.76. The molecule has 1 rings (SSSR count). The maximum absolute atomic E-state index is 5.58. The van der Waals surface area contributed by atoms with Crippen LogP contribution in [-0.4, -0.2) is 35.4 Å². The van der Waals surface area contributed by atoms with Crippen molar-refractivity contribution in [2.45, 2.75) is 58.7 Å². The molecule has 18 heavy (non-hydrogen) atoms. The number of ether oxygens (including phenoxy) is 1. The van der Waals surface area contributed by atoms with Crippen molar-refractivity contribution in [3.05, 3.63) is 18.2 Å². The van der Waals surface area contributed by atoms with E-state index in [4.69, 9.17) is 4.74 Å². The van der Waals surface area contributed by atoms with E-state index in [0.29, 0.717) is 6.04 Å². The van der Waals surface area contributed by atoms with Crippen molar-refractivity contribution >= 4 is 0 Å². The molecule has 2 atom stereocenters. The SMILES string of the molecule is CCCNC(Cc1nccn1CC)C(CC)OC. The quantitative estimate of drug-likeness (QED) is 0.733. The highest BCUT2D eigenvalue weighted by Crippen LogP contribution is 2.10. The van der Waals surface area contributed by atoms with Gasteiger partial charge in [0.2, 0.25) is 0 Å². The van der Waals surface area contributed by atoms with Gasteiger partial charge >= 0.3 is 0 Å². The Morgan fingerprint density at radius 1 is 1.39 bits per heavy atom. The summed E-state index contributed by atoms with van der Waals surface area (Å²) in [6.45, 7) is 8.50. The van der Waals surface area contributed by atoms with Crippen molar-refractivity contribution in [3.63, 3.8) is 0 Å². The normalized spacial score (nSPS) is 14.7. The van der Waals surface area contributed by atoms with Gasteiger partial charge in [-0.15, -0.1) is 0 Å². The first-order valence-electron chi connectivity index (χ1n) is 7.02. The molecule has 0 aromatic carbocycles. The van der Waals surface area contributed by atoms with Crippen LogP contribution in [0.25, 0.3) is 0 Å². The summed E-state index contributed by atoms with van der Waals surface area (Å²) in [5, 5.41) is 3.58. The first-order valence-corrected chi connectivity index (χ1v) is 7.02. The van der Waals surface area contributed by atoms with Gasteiger partial charge in [-0.1, -0.05) is 13.8 Å². The molecule has 2 unspecified atom stereocenters. The number of aryl methyl sites for hydroxylation is 1. The number of methoxy groups -OCH3 is 1. The van der Waals surface area contributed by atoms with E-state index >= 15 is 0 Å². The Kier molecular flexibility index (Phi) is 6.98. The topological polar surface area (TPSA) is 39.1 Å². The zero-order valence-electron chi connectivity index (χ0n) is 12.1. The van der Waals surface area contributed by atoms with Crippen molar-refractivity contribution in [2.75, 3.05) is 13.7 Å². The number of hydrogen-bond acceptors (Lipinski definition) is 3. The summed E-state index contributed by atoms with van der Waals surface area (Å²) < 4.78 is 7.78. The van der Waals surface area contributed by atoms with Gasteiger partial charge in [-0.05, 0) is 26.3 Å². The van der Waals surface area contributed by atoms with E-state index < -0.39 is 0 Å². The lowest BCUT2D eigenvalue weighted by molar-refractivity contribution is 0.0644. The van der Waals surface area contributed by atoms with Crippen LogP contribution < -0.4 is 5.32 Å². The van der Waals surface area contributed by atoms with Crippen molar-refractivity contribution in [2.24, 2.45) is 0 Å². The van der Waals surface area contributed by atoms with E-state index in [2.05, 4.69) is 35.6 Å². The van der Waals surface area contributed by atoms with Crippen LogP contribution in [0.2, 0.25) is 0 Å². The third kappa shape index (κ3) is 4.10. The lowest BCUT2D eigenvalue weighted by Gasteiger charge is -2.26. The van der Waals surface area contributed by atoms with Crippen LogP contribution in [0.5, 0.6) is 0 Å². The third-order valence-electron chi connectivity index (χ3n) is 3.36. The van der Waals surface area contributed by atoms with E-state index in [0.717, 1.165) is 38.2 Å². The molecule has 0 aliphatic rings. The molecule has 104 valence electrons. The number of nitrogens with one attached hydrogen (secondary N) is 1. The highest BCUT2D eigenvalue weighted by atomic mass is 16.5. The van der Waals surface area contributed by atoms with Gasteiger partial charge in [0, 0.05) is 38.5 Å². The van der Waals surface area contributed by atoms with Gasteiger partial charge < -0.3 is 14.6 Å². The van der Waals surface area contributed by atoms with Gasteiger partial charge in [-0.2, -0.15) is 0 Å². The molecule has 0 aliphatic heterocycles. The highest BCUT2D eigenvalue weighted by Gasteiger charge is 2.21. The van der Waals surface area contributed by atoms with E-state index in [1.807, 2.05) is 12.4 Å². The third-order valence-corrected chi connectivity index (χ3v) is 3.36. The minimum absolute atomic E-state index is 0.249. The molecule has 4 nitrogen and oxygen atoms in total. The van der Waals surface area contributed by atoms with Crippen molar-refractivity contribution < 1.29 is 4.74 Å². The van der Waals surface area contributed by atoms with Gasteiger partial charge in [0.25, 0.3) is 0 Å². The van der Waals surface area contributed by atoms with Gasteiger partial charge in [-0.3, -0.25) is 0 Å². The number of aromatic nitrogens is 2. The lowest BCUT2D eigenvalue weighted by Crippen LogP contribution is -2.43. The lowest BCUT2D eigenvalue weighted by atomic mass is 10.0. The fourth-order valence-electron chi connectivity index (χ4n) is 2.29. The Labute approximate surface area is 111 Å². The number of hydrogen-bond donors (Lipinski definition) is 1. The molecule has 0 fully saturated rings. The van der Waals surface area contributed by atoms with Crippen molar-refractivity contribution in [1.82, 2.24) is 14.9 Å². The van der Waals surface area contributed by atoms with Gasteiger partial charge in [-0.25, -0.2) is 4.98 Å². The largest absolute Gasteiger partial charge is 0.380 e. The molecule has 0 bridgehead atoms. The number of nitrogens with zero attached hydrogens (tertiary/aromatic N) is 2. The van der Waals surface area contributed by atoms with E-state index in [9.17, 15) is 0 Å². The monoisotopic (exact) mass is 253 g/mol. The highest BCUT2D eigenvalue weighted by molar-refractivity contribution is 4.97. The molecule has 0 amide bonds. The maximum atomic E-state index is 5.58. The summed E-state index contributed by atoms with van der Waals surface area (Å²) in [6, 6.07) is 0.340. The Morgan fingerprint density at radius 3 is 2.72 bits per heavy atom. The molecule has 0 spiro atoms. The van der Waals surface area contributed by atoms with Gasteiger partial charge in [0.05, 0.1) is 6.10 Å². The summed E-state index contributed by atoms with van der Waals surface area (Å²) in [4.78, 5) is 4.45. The predicted octanol–water partition coefficient (Wildman–Crippen LogP) is 2.24. The van der Waals surface area contributed by atoms with Crippen LogP contribution in [0.3, 0.4) is 0 Å². The number of imidazole rings is 1. The van der Waals surface area contributed by atoms with Crippen LogP contribution >= 0.6 is 0 Å². The molecule has 1 N–H and O–H groups in total. The fourth-order valence-corrected chi connectivity index (χ4v) is 2.29. The Morgan fingerprint density at radius 2 is 2.17 bits per heavy atom. The predicted molar refractivity (Wildman–Crippen MR) is 74.8 cm³/mol. The smallest absolute Gasteiger partial charge is 0.110 e. The second kappa shape index (κ2) is 8.27. The van der Waals surface area contributed by atoms with E-state index in [1.54, 1.807) is 7.11 Å². The average Bonchev–Trinajstić information content (AvgIpc) is 2.84. The second-order valence-electron chi connectivity index (χ2n) is 4.58. The zero-order chi connectivity index (χ0) is 13.4. The summed E-state index contributed by atoms with van der Waals surface area (Å²) >= 11 is 0. The average molecular weight is 253 g/mol.